The van der Waals surface area contributed by atoms with Crippen LogP contribution in [0.4, 0.5) is 8.78 Å². The number of nitrogens with one attached hydrogen (secondary N) is 1. The second kappa shape index (κ2) is 6.79. The minimum atomic E-state index is -0.920. The Kier molecular flexibility index (Phi) is 5.06. The number of rotatable bonds is 3. The summed E-state index contributed by atoms with van der Waals surface area (Å²) in [4.78, 5) is 13.9. The van der Waals surface area contributed by atoms with E-state index in [0.29, 0.717) is 0 Å². The first-order valence-electron chi connectivity index (χ1n) is 6.99. The van der Waals surface area contributed by atoms with Gasteiger partial charge in [0.1, 0.15) is 0 Å². The van der Waals surface area contributed by atoms with Crippen molar-refractivity contribution in [2.45, 2.75) is 31.7 Å². The van der Waals surface area contributed by atoms with Gasteiger partial charge in [0.2, 0.25) is 5.91 Å². The minimum Gasteiger partial charge on any atom is -0.342 e. The fraction of sp³-hybridized carbons (Fsp3) is 0.533. The van der Waals surface area contributed by atoms with Crippen LogP contribution in [0, 0.1) is 11.6 Å². The molecule has 1 N–H and O–H groups in total. The maximum Gasteiger partial charge on any atom is 0.227 e. The maximum absolute atomic E-state index is 13.6. The van der Waals surface area contributed by atoms with Crippen molar-refractivity contribution in [2.75, 3.05) is 20.1 Å². The van der Waals surface area contributed by atoms with Crippen LogP contribution in [-0.4, -0.2) is 37.0 Å². The van der Waals surface area contributed by atoms with Gasteiger partial charge in [-0.25, -0.2) is 8.78 Å². The molecule has 0 bridgehead atoms. The number of carbonyl (C=O) groups excluding carboxylic acids is 1. The lowest BCUT2D eigenvalue weighted by Gasteiger charge is -2.27. The Hall–Kier alpha value is -1.49. The lowest BCUT2D eigenvalue weighted by atomic mass is 10.1. The Morgan fingerprint density at radius 1 is 1.35 bits per heavy atom. The maximum atomic E-state index is 13.6. The van der Waals surface area contributed by atoms with Gasteiger partial charge in [-0.15, -0.1) is 0 Å². The third-order valence-corrected chi connectivity index (χ3v) is 3.86. The molecule has 0 aromatic heterocycles. The van der Waals surface area contributed by atoms with E-state index in [2.05, 4.69) is 5.32 Å². The summed E-state index contributed by atoms with van der Waals surface area (Å²) in [5.41, 5.74) is 0.119. The SMILES string of the molecule is CN(C(=O)Cc1cccc(F)c1F)C1CCCNCC1. The van der Waals surface area contributed by atoms with Gasteiger partial charge in [-0.05, 0) is 38.4 Å². The zero-order valence-corrected chi connectivity index (χ0v) is 11.7. The molecule has 1 aliphatic rings. The Balaban J connectivity index is 2.01. The highest BCUT2D eigenvalue weighted by Crippen LogP contribution is 2.16. The van der Waals surface area contributed by atoms with Crippen LogP contribution in [0.25, 0.3) is 0 Å². The highest BCUT2D eigenvalue weighted by molar-refractivity contribution is 5.78. The standard InChI is InChI=1S/C15H20F2N2O/c1-19(12-5-3-8-18-9-7-12)14(20)10-11-4-2-6-13(16)15(11)17/h2,4,6,12,18H,3,5,7-10H2,1H3. The van der Waals surface area contributed by atoms with Crippen LogP contribution in [0.15, 0.2) is 18.2 Å². The lowest BCUT2D eigenvalue weighted by molar-refractivity contribution is -0.131. The predicted octanol–water partition coefficient (Wildman–Crippen LogP) is 2.11. The molecule has 0 saturated carbocycles. The Morgan fingerprint density at radius 2 is 2.15 bits per heavy atom. The summed E-state index contributed by atoms with van der Waals surface area (Å²) in [5.74, 6) is -1.99. The monoisotopic (exact) mass is 282 g/mol. The number of benzene rings is 1. The van der Waals surface area contributed by atoms with Crippen LogP contribution in [0.1, 0.15) is 24.8 Å². The van der Waals surface area contributed by atoms with E-state index in [1.165, 1.54) is 12.1 Å². The summed E-state index contributed by atoms with van der Waals surface area (Å²) in [6.45, 7) is 1.85. The summed E-state index contributed by atoms with van der Waals surface area (Å²) in [7, 11) is 1.75. The van der Waals surface area contributed by atoms with Crippen LogP contribution < -0.4 is 5.32 Å². The summed E-state index contributed by atoms with van der Waals surface area (Å²) in [5, 5.41) is 3.29. The number of likely N-dealkylation sites (N-methyl/N-ethyl adjacent to an activating group) is 1. The van der Waals surface area contributed by atoms with E-state index in [-0.39, 0.29) is 23.9 Å². The highest BCUT2D eigenvalue weighted by atomic mass is 19.2. The summed E-state index contributed by atoms with van der Waals surface area (Å²) >= 11 is 0. The van der Waals surface area contributed by atoms with Crippen molar-refractivity contribution in [3.63, 3.8) is 0 Å². The first kappa shape index (κ1) is 14.9. The number of hydrogen-bond donors (Lipinski definition) is 1. The number of halogens is 2. The van der Waals surface area contributed by atoms with Crippen LogP contribution >= 0.6 is 0 Å². The summed E-state index contributed by atoms with van der Waals surface area (Å²) in [6.07, 6.45) is 2.77. The van der Waals surface area contributed by atoms with E-state index in [1.54, 1.807) is 11.9 Å². The van der Waals surface area contributed by atoms with Crippen LogP contribution in [0.3, 0.4) is 0 Å². The third-order valence-electron chi connectivity index (χ3n) is 3.86. The van der Waals surface area contributed by atoms with Crippen molar-refractivity contribution in [2.24, 2.45) is 0 Å². The van der Waals surface area contributed by atoms with Crippen molar-refractivity contribution in [1.29, 1.82) is 0 Å². The van der Waals surface area contributed by atoms with Gasteiger partial charge in [-0.1, -0.05) is 12.1 Å². The predicted molar refractivity (Wildman–Crippen MR) is 73.3 cm³/mol. The number of nitrogens with zero attached hydrogens (tertiary/aromatic N) is 1. The quantitative estimate of drug-likeness (QED) is 0.921. The van der Waals surface area contributed by atoms with Crippen molar-refractivity contribution in [1.82, 2.24) is 10.2 Å². The second-order valence-corrected chi connectivity index (χ2v) is 5.23. The van der Waals surface area contributed by atoms with Crippen molar-refractivity contribution in [3.8, 4) is 0 Å². The normalized spacial score (nSPS) is 19.4. The van der Waals surface area contributed by atoms with Gasteiger partial charge < -0.3 is 10.2 Å². The minimum absolute atomic E-state index is 0.0932. The number of amides is 1. The van der Waals surface area contributed by atoms with E-state index < -0.39 is 11.6 Å². The van der Waals surface area contributed by atoms with Gasteiger partial charge in [-0.2, -0.15) is 0 Å². The molecule has 1 heterocycles. The molecule has 1 atom stereocenters. The smallest absolute Gasteiger partial charge is 0.227 e. The zero-order valence-electron chi connectivity index (χ0n) is 11.7. The average Bonchev–Trinajstić information content (AvgIpc) is 2.72. The molecule has 1 aromatic carbocycles. The Labute approximate surface area is 118 Å². The third kappa shape index (κ3) is 3.54. The molecule has 3 nitrogen and oxygen atoms in total. The zero-order chi connectivity index (χ0) is 14.5. The summed E-state index contributed by atoms with van der Waals surface area (Å²) in [6, 6.07) is 4.12. The van der Waals surface area contributed by atoms with Crippen molar-refractivity contribution >= 4 is 5.91 Å². The van der Waals surface area contributed by atoms with E-state index in [4.69, 9.17) is 0 Å². The van der Waals surface area contributed by atoms with Gasteiger partial charge in [0.05, 0.1) is 6.42 Å². The van der Waals surface area contributed by atoms with E-state index in [0.717, 1.165) is 38.4 Å². The van der Waals surface area contributed by atoms with E-state index in [1.807, 2.05) is 0 Å². The summed E-state index contributed by atoms with van der Waals surface area (Å²) < 4.78 is 26.7. The molecule has 1 aromatic rings. The molecule has 1 aliphatic heterocycles. The van der Waals surface area contributed by atoms with Gasteiger partial charge in [-0.3, -0.25) is 4.79 Å². The van der Waals surface area contributed by atoms with E-state index in [9.17, 15) is 13.6 Å². The highest BCUT2D eigenvalue weighted by Gasteiger charge is 2.22. The molecule has 1 unspecified atom stereocenters. The van der Waals surface area contributed by atoms with Crippen LogP contribution in [0.2, 0.25) is 0 Å². The molecule has 0 spiro atoms. The molecule has 1 saturated heterocycles. The molecular formula is C15H20F2N2O. The molecule has 0 aliphatic carbocycles. The average molecular weight is 282 g/mol. The molecular weight excluding hydrogens is 262 g/mol. The van der Waals surface area contributed by atoms with Gasteiger partial charge in [0.25, 0.3) is 0 Å². The fourth-order valence-electron chi connectivity index (χ4n) is 2.56. The van der Waals surface area contributed by atoms with Crippen LogP contribution in [0.5, 0.6) is 0 Å². The number of carbonyl (C=O) groups is 1. The van der Waals surface area contributed by atoms with E-state index >= 15 is 0 Å². The second-order valence-electron chi connectivity index (χ2n) is 5.23. The topological polar surface area (TPSA) is 32.3 Å². The molecule has 1 fully saturated rings. The first-order valence-corrected chi connectivity index (χ1v) is 6.99. The largest absolute Gasteiger partial charge is 0.342 e. The van der Waals surface area contributed by atoms with Crippen molar-refractivity contribution < 1.29 is 13.6 Å². The molecule has 110 valence electrons. The molecule has 0 radical (unpaired) electrons. The lowest BCUT2D eigenvalue weighted by Crippen LogP contribution is -2.38. The van der Waals surface area contributed by atoms with Gasteiger partial charge in [0.15, 0.2) is 11.6 Å². The van der Waals surface area contributed by atoms with Gasteiger partial charge >= 0.3 is 0 Å². The first-order chi connectivity index (χ1) is 9.59. The molecule has 5 heteroatoms. The molecule has 20 heavy (non-hydrogen) atoms. The molecule has 1 amide bonds. The molecule has 2 rings (SSSR count). The van der Waals surface area contributed by atoms with Gasteiger partial charge in [0, 0.05) is 18.7 Å². The van der Waals surface area contributed by atoms with Crippen molar-refractivity contribution in [3.05, 3.63) is 35.4 Å². The Morgan fingerprint density at radius 3 is 2.95 bits per heavy atom. The number of hydrogen-bond acceptors (Lipinski definition) is 2. The fourth-order valence-corrected chi connectivity index (χ4v) is 2.56. The van der Waals surface area contributed by atoms with Crippen LogP contribution in [-0.2, 0) is 11.2 Å². The Bertz CT molecular complexity index is 471.